The van der Waals surface area contributed by atoms with Gasteiger partial charge in [-0.15, -0.1) is 0 Å². The lowest BCUT2D eigenvalue weighted by molar-refractivity contribution is -0.138. The average molecular weight is 495 g/mol. The lowest BCUT2D eigenvalue weighted by Crippen LogP contribution is -2.52. The predicted octanol–water partition coefficient (Wildman–Crippen LogP) is 2.39. The second-order valence-corrected chi connectivity index (χ2v) is 9.67. The Morgan fingerprint density at radius 2 is 1.86 bits per heavy atom. The fourth-order valence-corrected chi connectivity index (χ4v) is 4.77. The van der Waals surface area contributed by atoms with Gasteiger partial charge in [0.25, 0.3) is 15.9 Å². The lowest BCUT2D eigenvalue weighted by atomic mass is 10.2. The number of piperazine rings is 1. The van der Waals surface area contributed by atoms with Gasteiger partial charge in [0.05, 0.1) is 4.90 Å². The number of nitrogens with one attached hydrogen (secondary N) is 2. The zero-order valence-electron chi connectivity index (χ0n) is 19.2. The summed E-state index contributed by atoms with van der Waals surface area (Å²) in [6, 6.07) is 15.2. The van der Waals surface area contributed by atoms with E-state index in [-0.39, 0.29) is 16.6 Å². The molecule has 1 atom stereocenters. The number of carbonyl (C=O) groups is 1. The van der Waals surface area contributed by atoms with E-state index in [2.05, 4.69) is 19.6 Å². The van der Waals surface area contributed by atoms with Crippen LogP contribution in [0.1, 0.15) is 12.5 Å². The molecule has 1 fully saturated rings. The van der Waals surface area contributed by atoms with Crippen molar-refractivity contribution in [1.29, 1.82) is 5.41 Å². The maximum absolute atomic E-state index is 12.9. The first kappa shape index (κ1) is 24.1. The average Bonchev–Trinajstić information content (AvgIpc) is 2.89. The van der Waals surface area contributed by atoms with Gasteiger partial charge in [0.2, 0.25) is 0 Å². The zero-order valence-corrected chi connectivity index (χ0v) is 20.0. The monoisotopic (exact) mass is 494 g/mol. The second-order valence-electron chi connectivity index (χ2n) is 7.98. The van der Waals surface area contributed by atoms with E-state index in [1.54, 1.807) is 60.4 Å². The summed E-state index contributed by atoms with van der Waals surface area (Å²) < 4.78 is 33.4. The number of hydrogen-bond donors (Lipinski definition) is 2. The molecule has 0 radical (unpaired) electrons. The third-order valence-corrected chi connectivity index (χ3v) is 6.98. The van der Waals surface area contributed by atoms with Gasteiger partial charge in [0.1, 0.15) is 17.9 Å². The highest BCUT2D eigenvalue weighted by Crippen LogP contribution is 2.22. The van der Waals surface area contributed by atoms with Crippen LogP contribution in [-0.2, 0) is 14.8 Å². The van der Waals surface area contributed by atoms with Gasteiger partial charge >= 0.3 is 0 Å². The first-order valence-corrected chi connectivity index (χ1v) is 12.5. The number of ether oxygens (including phenoxy) is 1. The van der Waals surface area contributed by atoms with Gasteiger partial charge in [0, 0.05) is 44.3 Å². The van der Waals surface area contributed by atoms with Gasteiger partial charge in [-0.1, -0.05) is 12.1 Å². The van der Waals surface area contributed by atoms with Crippen molar-refractivity contribution >= 4 is 33.7 Å². The van der Waals surface area contributed by atoms with E-state index >= 15 is 0 Å². The minimum atomic E-state index is -3.76. The Morgan fingerprint density at radius 1 is 1.11 bits per heavy atom. The molecule has 2 heterocycles. The summed E-state index contributed by atoms with van der Waals surface area (Å²) in [4.78, 5) is 24.5. The Kier molecular flexibility index (Phi) is 7.25. The molecule has 4 rings (SSSR count). The smallest absolute Gasteiger partial charge is 0.263 e. The number of hydrogen-bond acceptors (Lipinski definition) is 8. The molecule has 0 saturated carbocycles. The van der Waals surface area contributed by atoms with Crippen LogP contribution in [0.4, 0.5) is 11.5 Å². The molecule has 2 N–H and O–H groups in total. The molecule has 1 aliphatic rings. The standard InChI is InChI=1S/C24H26N6O4S/c1-18(34-21-4-2-3-19(15-21)16-25)24(31)30-13-11-29(12-14-30)20-5-7-22(8-6-20)35(32,33)28-23-9-10-26-17-27-23/h2-10,15-18,25H,11-14H2,1H3,(H,26,27,28). The predicted molar refractivity (Wildman–Crippen MR) is 132 cm³/mol. The van der Waals surface area contributed by atoms with Crippen LogP contribution in [0.15, 0.2) is 72.0 Å². The van der Waals surface area contributed by atoms with E-state index in [0.29, 0.717) is 37.5 Å². The SMILES string of the molecule is CC(Oc1cccc(C=N)c1)C(=O)N1CCN(c2ccc(S(=O)(=O)Nc3ccncn3)cc2)CC1. The zero-order chi connectivity index (χ0) is 24.8. The maximum Gasteiger partial charge on any atom is 0.263 e. The van der Waals surface area contributed by atoms with Crippen molar-refractivity contribution in [3.05, 3.63) is 72.7 Å². The summed E-state index contributed by atoms with van der Waals surface area (Å²) >= 11 is 0. The third kappa shape index (κ3) is 5.93. The molecule has 0 spiro atoms. The second kappa shape index (κ2) is 10.5. The fourth-order valence-electron chi connectivity index (χ4n) is 3.76. The number of benzene rings is 2. The van der Waals surface area contributed by atoms with Crippen LogP contribution in [0.5, 0.6) is 5.75 Å². The molecule has 1 aliphatic heterocycles. The number of rotatable bonds is 8. The Morgan fingerprint density at radius 3 is 2.51 bits per heavy atom. The van der Waals surface area contributed by atoms with E-state index in [4.69, 9.17) is 10.1 Å². The number of amides is 1. The van der Waals surface area contributed by atoms with Crippen molar-refractivity contribution in [3.63, 3.8) is 0 Å². The molecule has 182 valence electrons. The third-order valence-electron chi connectivity index (χ3n) is 5.61. The number of nitrogens with zero attached hydrogens (tertiary/aromatic N) is 4. The normalized spacial score (nSPS) is 14.8. The molecule has 2 aromatic carbocycles. The van der Waals surface area contributed by atoms with Crippen molar-refractivity contribution in [3.8, 4) is 5.75 Å². The lowest BCUT2D eigenvalue weighted by Gasteiger charge is -2.37. The quantitative estimate of drug-likeness (QED) is 0.460. The summed E-state index contributed by atoms with van der Waals surface area (Å²) in [6.07, 6.45) is 3.32. The van der Waals surface area contributed by atoms with Crippen molar-refractivity contribution in [2.45, 2.75) is 17.9 Å². The Balaban J connectivity index is 1.32. The van der Waals surface area contributed by atoms with E-state index in [1.165, 1.54) is 24.8 Å². The molecule has 11 heteroatoms. The van der Waals surface area contributed by atoms with Crippen LogP contribution in [0, 0.1) is 5.41 Å². The van der Waals surface area contributed by atoms with Crippen molar-refractivity contribution in [1.82, 2.24) is 14.9 Å². The van der Waals surface area contributed by atoms with E-state index in [0.717, 1.165) is 5.69 Å². The van der Waals surface area contributed by atoms with Crippen LogP contribution in [0.25, 0.3) is 0 Å². The van der Waals surface area contributed by atoms with Gasteiger partial charge in [0.15, 0.2) is 6.10 Å². The highest BCUT2D eigenvalue weighted by atomic mass is 32.2. The Labute approximate surface area is 204 Å². The van der Waals surface area contributed by atoms with Crippen LogP contribution in [0.2, 0.25) is 0 Å². The molecule has 1 saturated heterocycles. The van der Waals surface area contributed by atoms with Crippen molar-refractivity contribution in [2.24, 2.45) is 0 Å². The molecule has 0 bridgehead atoms. The molecular weight excluding hydrogens is 468 g/mol. The van der Waals surface area contributed by atoms with Gasteiger partial charge in [-0.2, -0.15) is 0 Å². The minimum Gasteiger partial charge on any atom is -0.481 e. The molecule has 3 aromatic rings. The molecule has 35 heavy (non-hydrogen) atoms. The highest BCUT2D eigenvalue weighted by molar-refractivity contribution is 7.92. The number of aromatic nitrogens is 2. The molecule has 10 nitrogen and oxygen atoms in total. The summed E-state index contributed by atoms with van der Waals surface area (Å²) in [6.45, 7) is 4.02. The largest absolute Gasteiger partial charge is 0.481 e. The molecule has 1 unspecified atom stereocenters. The summed E-state index contributed by atoms with van der Waals surface area (Å²) in [7, 11) is -3.76. The van der Waals surface area contributed by atoms with Crippen LogP contribution < -0.4 is 14.4 Å². The van der Waals surface area contributed by atoms with Crippen LogP contribution in [-0.4, -0.2) is 67.7 Å². The van der Waals surface area contributed by atoms with Crippen LogP contribution >= 0.6 is 0 Å². The topological polar surface area (TPSA) is 129 Å². The summed E-state index contributed by atoms with van der Waals surface area (Å²) in [5.74, 6) is 0.655. The Hall–Kier alpha value is -3.99. The van der Waals surface area contributed by atoms with Gasteiger partial charge in [-0.25, -0.2) is 18.4 Å². The van der Waals surface area contributed by atoms with Crippen LogP contribution in [0.3, 0.4) is 0 Å². The van der Waals surface area contributed by atoms with E-state index < -0.39 is 16.1 Å². The molecule has 0 aliphatic carbocycles. The number of anilines is 2. The van der Waals surface area contributed by atoms with Crippen molar-refractivity contribution in [2.75, 3.05) is 35.8 Å². The first-order chi connectivity index (χ1) is 16.9. The van der Waals surface area contributed by atoms with Gasteiger partial charge < -0.3 is 19.9 Å². The van der Waals surface area contributed by atoms with E-state index in [9.17, 15) is 13.2 Å². The summed E-state index contributed by atoms with van der Waals surface area (Å²) in [5.41, 5.74) is 1.59. The Bertz CT molecular complexity index is 1280. The van der Waals surface area contributed by atoms with Gasteiger partial charge in [-0.05, 0) is 55.0 Å². The molecule has 1 aromatic heterocycles. The molecular formula is C24H26N6O4S. The van der Waals surface area contributed by atoms with Gasteiger partial charge in [-0.3, -0.25) is 9.52 Å². The van der Waals surface area contributed by atoms with E-state index in [1.807, 2.05) is 0 Å². The van der Waals surface area contributed by atoms with Crippen molar-refractivity contribution < 1.29 is 17.9 Å². The fraction of sp³-hybridized carbons (Fsp3) is 0.250. The molecule has 1 amide bonds. The first-order valence-electron chi connectivity index (χ1n) is 11.1. The summed E-state index contributed by atoms with van der Waals surface area (Å²) in [5, 5.41) is 7.35. The highest BCUT2D eigenvalue weighted by Gasteiger charge is 2.26. The number of carbonyl (C=O) groups excluding carboxylic acids is 1. The maximum atomic E-state index is 12.9. The minimum absolute atomic E-state index is 0.0952. The number of sulfonamides is 1.